The lowest BCUT2D eigenvalue weighted by Gasteiger charge is -2.08. The number of pyridine rings is 1. The molecule has 0 atom stereocenters. The summed E-state index contributed by atoms with van der Waals surface area (Å²) in [5.41, 5.74) is 2.98. The van der Waals surface area contributed by atoms with Crippen molar-refractivity contribution in [2.24, 2.45) is 0 Å². The van der Waals surface area contributed by atoms with Crippen LogP contribution in [0.4, 0.5) is 0 Å². The van der Waals surface area contributed by atoms with E-state index in [1.165, 1.54) is 0 Å². The Kier molecular flexibility index (Phi) is 2.44. The summed E-state index contributed by atoms with van der Waals surface area (Å²) in [5, 5.41) is 3.05. The van der Waals surface area contributed by atoms with Gasteiger partial charge in [0.05, 0.1) is 5.52 Å². The van der Waals surface area contributed by atoms with Gasteiger partial charge in [-0.1, -0.05) is 37.3 Å². The topological polar surface area (TPSA) is 32.9 Å². The second-order valence-corrected chi connectivity index (χ2v) is 4.62. The zero-order valence-corrected chi connectivity index (χ0v) is 10.6. The van der Waals surface area contributed by atoms with E-state index < -0.39 is 0 Å². The Morgan fingerprint density at radius 2 is 1.83 bits per heavy atom. The number of benzene rings is 2. The molecule has 0 aliphatic rings. The summed E-state index contributed by atoms with van der Waals surface area (Å²) in [5.74, 6) is 0. The molecule has 2 heteroatoms. The van der Waals surface area contributed by atoms with Crippen molar-refractivity contribution in [3.63, 3.8) is 0 Å². The van der Waals surface area contributed by atoms with Gasteiger partial charge in [-0.25, -0.2) is 0 Å². The Balaban J connectivity index is 2.57. The van der Waals surface area contributed by atoms with E-state index in [0.29, 0.717) is 0 Å². The standard InChI is InChI=1S/C16H15NO/c1-3-12-10(2)17-15-13-7-5-4-6-11(13)8-9-14(15)16(12)18/h4-9H,3H2,1-2H3,(H,17,18). The van der Waals surface area contributed by atoms with E-state index in [0.717, 1.165) is 39.4 Å². The number of hydrogen-bond acceptors (Lipinski definition) is 1. The fourth-order valence-electron chi connectivity index (χ4n) is 2.62. The normalized spacial score (nSPS) is 11.2. The maximum atomic E-state index is 12.4. The minimum Gasteiger partial charge on any atom is -0.358 e. The Bertz CT molecular complexity index is 799. The van der Waals surface area contributed by atoms with Gasteiger partial charge in [0.25, 0.3) is 0 Å². The molecule has 0 aliphatic carbocycles. The number of hydrogen-bond donors (Lipinski definition) is 1. The average molecular weight is 237 g/mol. The van der Waals surface area contributed by atoms with Crippen molar-refractivity contribution in [2.45, 2.75) is 20.3 Å². The molecule has 0 unspecified atom stereocenters. The van der Waals surface area contributed by atoms with Gasteiger partial charge in [-0.2, -0.15) is 0 Å². The molecular formula is C16H15NO. The van der Waals surface area contributed by atoms with Gasteiger partial charge in [-0.3, -0.25) is 4.79 Å². The van der Waals surface area contributed by atoms with Gasteiger partial charge in [0.1, 0.15) is 0 Å². The van der Waals surface area contributed by atoms with Crippen molar-refractivity contribution in [1.82, 2.24) is 4.98 Å². The highest BCUT2D eigenvalue weighted by Gasteiger charge is 2.09. The second-order valence-electron chi connectivity index (χ2n) is 4.62. The molecule has 3 rings (SSSR count). The first kappa shape index (κ1) is 11.0. The van der Waals surface area contributed by atoms with Gasteiger partial charge in [0.15, 0.2) is 5.43 Å². The average Bonchev–Trinajstić information content (AvgIpc) is 2.39. The third-order valence-corrected chi connectivity index (χ3v) is 3.57. The third kappa shape index (κ3) is 1.46. The van der Waals surface area contributed by atoms with Crippen LogP contribution in [-0.4, -0.2) is 4.98 Å². The molecule has 0 fully saturated rings. The maximum Gasteiger partial charge on any atom is 0.192 e. The summed E-state index contributed by atoms with van der Waals surface area (Å²) in [4.78, 5) is 15.8. The molecule has 0 spiro atoms. The first-order valence-electron chi connectivity index (χ1n) is 6.25. The van der Waals surface area contributed by atoms with Crippen molar-refractivity contribution in [2.75, 3.05) is 0 Å². The number of rotatable bonds is 1. The summed E-state index contributed by atoms with van der Waals surface area (Å²) < 4.78 is 0. The lowest BCUT2D eigenvalue weighted by atomic mass is 10.0. The molecule has 1 heterocycles. The Morgan fingerprint density at radius 1 is 1.06 bits per heavy atom. The minimum absolute atomic E-state index is 0.162. The quantitative estimate of drug-likeness (QED) is 0.645. The van der Waals surface area contributed by atoms with Gasteiger partial charge in [0, 0.05) is 22.0 Å². The second kappa shape index (κ2) is 3.98. The van der Waals surface area contributed by atoms with Gasteiger partial charge in [0.2, 0.25) is 0 Å². The van der Waals surface area contributed by atoms with Crippen LogP contribution >= 0.6 is 0 Å². The van der Waals surface area contributed by atoms with Gasteiger partial charge >= 0.3 is 0 Å². The van der Waals surface area contributed by atoms with Crippen LogP contribution in [0.3, 0.4) is 0 Å². The van der Waals surface area contributed by atoms with Gasteiger partial charge in [-0.05, 0) is 24.8 Å². The predicted octanol–water partition coefficient (Wildman–Crippen LogP) is 3.55. The highest BCUT2D eigenvalue weighted by molar-refractivity contribution is 6.05. The van der Waals surface area contributed by atoms with Crippen LogP contribution in [0.25, 0.3) is 21.7 Å². The van der Waals surface area contributed by atoms with E-state index in [9.17, 15) is 4.79 Å². The molecular weight excluding hydrogens is 222 g/mol. The lowest BCUT2D eigenvalue weighted by molar-refractivity contribution is 1.05. The zero-order chi connectivity index (χ0) is 12.7. The summed E-state index contributed by atoms with van der Waals surface area (Å²) >= 11 is 0. The van der Waals surface area contributed by atoms with Crippen LogP contribution in [0.15, 0.2) is 41.2 Å². The van der Waals surface area contributed by atoms with E-state index in [1.54, 1.807) is 0 Å². The van der Waals surface area contributed by atoms with Gasteiger partial charge < -0.3 is 4.98 Å². The number of aromatic amines is 1. The lowest BCUT2D eigenvalue weighted by Crippen LogP contribution is -2.12. The number of aryl methyl sites for hydroxylation is 1. The predicted molar refractivity (Wildman–Crippen MR) is 76.2 cm³/mol. The van der Waals surface area contributed by atoms with E-state index in [1.807, 2.05) is 38.1 Å². The van der Waals surface area contributed by atoms with Crippen molar-refractivity contribution < 1.29 is 0 Å². The third-order valence-electron chi connectivity index (χ3n) is 3.57. The zero-order valence-electron chi connectivity index (χ0n) is 10.6. The summed E-state index contributed by atoms with van der Waals surface area (Å²) in [6, 6.07) is 12.1. The molecule has 1 aromatic heterocycles. The summed E-state index contributed by atoms with van der Waals surface area (Å²) in [7, 11) is 0. The van der Waals surface area contributed by atoms with E-state index in [-0.39, 0.29) is 5.43 Å². The first-order valence-corrected chi connectivity index (χ1v) is 6.25. The van der Waals surface area contributed by atoms with Crippen LogP contribution in [0.1, 0.15) is 18.2 Å². The molecule has 90 valence electrons. The van der Waals surface area contributed by atoms with E-state index >= 15 is 0 Å². The van der Waals surface area contributed by atoms with Crippen LogP contribution in [0.5, 0.6) is 0 Å². The fraction of sp³-hybridized carbons (Fsp3) is 0.188. The number of aromatic nitrogens is 1. The van der Waals surface area contributed by atoms with Crippen molar-refractivity contribution in [1.29, 1.82) is 0 Å². The Labute approximate surface area is 105 Å². The molecule has 2 nitrogen and oxygen atoms in total. The largest absolute Gasteiger partial charge is 0.358 e. The monoisotopic (exact) mass is 237 g/mol. The molecule has 18 heavy (non-hydrogen) atoms. The van der Waals surface area contributed by atoms with Crippen LogP contribution in [0.2, 0.25) is 0 Å². The molecule has 1 N–H and O–H groups in total. The molecule has 0 radical (unpaired) electrons. The fourth-order valence-corrected chi connectivity index (χ4v) is 2.62. The van der Waals surface area contributed by atoms with E-state index in [4.69, 9.17) is 0 Å². The summed E-state index contributed by atoms with van der Waals surface area (Å²) in [6.07, 6.45) is 0.768. The van der Waals surface area contributed by atoms with Crippen LogP contribution < -0.4 is 5.43 Å². The highest BCUT2D eigenvalue weighted by atomic mass is 16.1. The molecule has 0 saturated carbocycles. The number of H-pyrrole nitrogens is 1. The van der Waals surface area contributed by atoms with Crippen molar-refractivity contribution in [3.05, 3.63) is 57.9 Å². The molecule has 2 aromatic carbocycles. The SMILES string of the molecule is CCc1c(C)[nH]c2c(ccc3ccccc32)c1=O. The molecule has 0 saturated heterocycles. The molecule has 3 aromatic rings. The van der Waals surface area contributed by atoms with Crippen molar-refractivity contribution >= 4 is 21.7 Å². The summed E-state index contributed by atoms with van der Waals surface area (Å²) in [6.45, 7) is 3.99. The maximum absolute atomic E-state index is 12.4. The Hall–Kier alpha value is -2.09. The minimum atomic E-state index is 0.162. The van der Waals surface area contributed by atoms with Crippen LogP contribution in [-0.2, 0) is 6.42 Å². The Morgan fingerprint density at radius 3 is 2.61 bits per heavy atom. The molecule has 0 aliphatic heterocycles. The molecule has 0 amide bonds. The first-order chi connectivity index (χ1) is 8.72. The number of nitrogens with one attached hydrogen (secondary N) is 1. The van der Waals surface area contributed by atoms with E-state index in [2.05, 4.69) is 17.1 Å². The molecule has 0 bridgehead atoms. The van der Waals surface area contributed by atoms with Crippen molar-refractivity contribution in [3.8, 4) is 0 Å². The van der Waals surface area contributed by atoms with Crippen LogP contribution in [0, 0.1) is 6.92 Å². The van der Waals surface area contributed by atoms with Gasteiger partial charge in [-0.15, -0.1) is 0 Å². The number of fused-ring (bicyclic) bond motifs is 3. The highest BCUT2D eigenvalue weighted by Crippen LogP contribution is 2.22. The smallest absolute Gasteiger partial charge is 0.192 e.